The van der Waals surface area contributed by atoms with Crippen molar-refractivity contribution in [2.75, 3.05) is 0 Å². The monoisotopic (exact) mass is 337 g/mol. The highest BCUT2D eigenvalue weighted by atomic mass is 19.2. The van der Waals surface area contributed by atoms with E-state index in [0.717, 1.165) is 18.1 Å². The van der Waals surface area contributed by atoms with Gasteiger partial charge < -0.3 is 15.9 Å². The summed E-state index contributed by atoms with van der Waals surface area (Å²) in [6, 6.07) is 16.1. The maximum Gasteiger partial charge on any atom is 0.414 e. The lowest BCUT2D eigenvalue weighted by molar-refractivity contribution is -0.159. The largest absolute Gasteiger partial charge is 0.473 e. The summed E-state index contributed by atoms with van der Waals surface area (Å²) in [5.74, 6) is -5.00. The van der Waals surface area contributed by atoms with Crippen molar-refractivity contribution in [1.82, 2.24) is 0 Å². The van der Waals surface area contributed by atoms with Gasteiger partial charge in [0, 0.05) is 12.0 Å². The van der Waals surface area contributed by atoms with E-state index in [1.807, 2.05) is 36.4 Å². The second-order valence-corrected chi connectivity index (χ2v) is 4.94. The number of hydrogen-bond acceptors (Lipinski definition) is 3. The second kappa shape index (κ2) is 9.36. The Morgan fingerprint density at radius 2 is 1.33 bits per heavy atom. The predicted molar refractivity (Wildman–Crippen MR) is 83.4 cm³/mol. The molecule has 0 heterocycles. The van der Waals surface area contributed by atoms with Gasteiger partial charge in [-0.05, 0) is 24.1 Å². The molecule has 1 aliphatic carbocycles. The van der Waals surface area contributed by atoms with Gasteiger partial charge in [0.25, 0.3) is 0 Å². The quantitative estimate of drug-likeness (QED) is 0.695. The summed E-state index contributed by atoms with van der Waals surface area (Å²) in [6.07, 6.45) is 0.880. The number of rotatable bonds is 1. The van der Waals surface area contributed by atoms with Crippen molar-refractivity contribution in [3.8, 4) is 0 Å². The third-order valence-corrected chi connectivity index (χ3v) is 3.06. The van der Waals surface area contributed by atoms with Gasteiger partial charge in [-0.2, -0.15) is 0 Å². The molecule has 0 saturated heterocycles. The molecule has 0 radical (unpaired) electrons. The molecule has 4 N–H and O–H groups in total. The van der Waals surface area contributed by atoms with Crippen molar-refractivity contribution in [3.05, 3.63) is 71.8 Å². The predicted octanol–water partition coefficient (Wildman–Crippen LogP) is 2.62. The number of aliphatic carboxylic acids is 2. The van der Waals surface area contributed by atoms with Crippen LogP contribution in [0, 0.1) is 11.6 Å². The van der Waals surface area contributed by atoms with E-state index in [9.17, 15) is 8.78 Å². The molecule has 0 aliphatic heterocycles. The van der Waals surface area contributed by atoms with E-state index in [0.29, 0.717) is 0 Å². The Morgan fingerprint density at radius 3 is 1.62 bits per heavy atom. The van der Waals surface area contributed by atoms with Crippen LogP contribution >= 0.6 is 0 Å². The number of nitrogens with two attached hydrogens (primary N) is 1. The number of hydrogen-bond donors (Lipinski definition) is 3. The van der Waals surface area contributed by atoms with Gasteiger partial charge >= 0.3 is 11.9 Å². The number of halogens is 2. The van der Waals surface area contributed by atoms with Crippen LogP contribution in [-0.4, -0.2) is 28.2 Å². The van der Waals surface area contributed by atoms with E-state index in [1.165, 1.54) is 6.07 Å². The van der Waals surface area contributed by atoms with Crippen molar-refractivity contribution in [2.24, 2.45) is 5.73 Å². The van der Waals surface area contributed by atoms with Gasteiger partial charge in [-0.1, -0.05) is 42.5 Å². The Hall–Kier alpha value is -2.80. The molecule has 1 fully saturated rings. The number of carbonyl (C=O) groups is 2. The zero-order valence-electron chi connectivity index (χ0n) is 12.6. The summed E-state index contributed by atoms with van der Waals surface area (Å²) in [4.78, 5) is 18.2. The molecule has 2 atom stereocenters. The lowest BCUT2D eigenvalue weighted by atomic mass is 10.1. The molecule has 0 amide bonds. The highest BCUT2D eigenvalue weighted by molar-refractivity contribution is 6.27. The van der Waals surface area contributed by atoms with Crippen molar-refractivity contribution in [1.29, 1.82) is 0 Å². The van der Waals surface area contributed by atoms with Crippen LogP contribution in [0.3, 0.4) is 0 Å². The normalized spacial score (nSPS) is 17.5. The molecule has 7 heteroatoms. The van der Waals surface area contributed by atoms with Gasteiger partial charge in [-0.3, -0.25) is 0 Å². The number of carboxylic acids is 2. The summed E-state index contributed by atoms with van der Waals surface area (Å²) >= 11 is 0. The molecule has 0 bridgehead atoms. The van der Waals surface area contributed by atoms with Crippen molar-refractivity contribution in [2.45, 2.75) is 18.4 Å². The highest BCUT2D eigenvalue weighted by Crippen LogP contribution is 2.39. The van der Waals surface area contributed by atoms with Crippen LogP contribution in [0.2, 0.25) is 0 Å². The first-order valence-corrected chi connectivity index (χ1v) is 6.99. The minimum Gasteiger partial charge on any atom is -0.473 e. The Bertz CT molecular complexity index is 641. The van der Waals surface area contributed by atoms with Crippen molar-refractivity contribution < 1.29 is 28.6 Å². The molecule has 5 nitrogen and oxygen atoms in total. The van der Waals surface area contributed by atoms with Crippen LogP contribution in [0.4, 0.5) is 8.78 Å². The molecule has 24 heavy (non-hydrogen) atoms. The summed E-state index contributed by atoms with van der Waals surface area (Å²) < 4.78 is 25.2. The standard InChI is InChI=1S/C9H9F2N.C6H6.C2H2O4/c10-7-2-1-5(3-8(7)11)6-4-9(6)12;1-2-4-6-5-3-1;3-1(4)2(5)6/h1-3,6,9H,4,12H2;1-6H;(H,3,4)(H,5,6)/t6-,9+;;/m0../s1. The van der Waals surface area contributed by atoms with Gasteiger partial charge in [0.05, 0.1) is 0 Å². The fraction of sp³-hybridized carbons (Fsp3) is 0.176. The van der Waals surface area contributed by atoms with Crippen LogP contribution in [0.1, 0.15) is 17.9 Å². The van der Waals surface area contributed by atoms with E-state index < -0.39 is 23.6 Å². The van der Waals surface area contributed by atoms with Crippen molar-refractivity contribution >= 4 is 11.9 Å². The molecule has 0 unspecified atom stereocenters. The number of carboxylic acid groups (broad SMARTS) is 2. The average Bonchev–Trinajstić information content (AvgIpc) is 3.30. The fourth-order valence-electron chi connectivity index (χ4n) is 1.73. The fourth-order valence-corrected chi connectivity index (χ4v) is 1.73. The summed E-state index contributed by atoms with van der Waals surface area (Å²) in [5, 5.41) is 14.8. The van der Waals surface area contributed by atoms with Crippen molar-refractivity contribution in [3.63, 3.8) is 0 Å². The van der Waals surface area contributed by atoms with Gasteiger partial charge in [-0.25, -0.2) is 18.4 Å². The van der Waals surface area contributed by atoms with Gasteiger partial charge in [0.2, 0.25) is 0 Å². The average molecular weight is 337 g/mol. The van der Waals surface area contributed by atoms with E-state index >= 15 is 0 Å². The van der Waals surface area contributed by atoms with E-state index in [2.05, 4.69) is 0 Å². The van der Waals surface area contributed by atoms with Gasteiger partial charge in [0.15, 0.2) is 11.6 Å². The molecular formula is C17H17F2NO4. The lowest BCUT2D eigenvalue weighted by Crippen LogP contribution is -2.09. The molecule has 0 aromatic heterocycles. The SMILES string of the molecule is N[C@@H]1C[C@H]1c1ccc(F)c(F)c1.O=C(O)C(=O)O.c1ccccc1. The molecule has 2 aromatic carbocycles. The van der Waals surface area contributed by atoms with E-state index in [1.54, 1.807) is 6.07 Å². The third kappa shape index (κ3) is 6.97. The Kier molecular flexibility index (Phi) is 7.51. The first-order chi connectivity index (χ1) is 11.3. The summed E-state index contributed by atoms with van der Waals surface area (Å²) in [6.45, 7) is 0. The maximum absolute atomic E-state index is 12.7. The summed E-state index contributed by atoms with van der Waals surface area (Å²) in [7, 11) is 0. The molecule has 128 valence electrons. The van der Waals surface area contributed by atoms with Gasteiger partial charge in [0.1, 0.15) is 0 Å². The van der Waals surface area contributed by atoms with Crippen LogP contribution < -0.4 is 5.73 Å². The molecule has 3 rings (SSSR count). The molecular weight excluding hydrogens is 320 g/mol. The second-order valence-electron chi connectivity index (χ2n) is 4.94. The molecule has 2 aromatic rings. The molecule has 1 saturated carbocycles. The minimum absolute atomic E-state index is 0.134. The lowest BCUT2D eigenvalue weighted by Gasteiger charge is -1.98. The zero-order valence-corrected chi connectivity index (χ0v) is 12.6. The number of benzene rings is 2. The van der Waals surface area contributed by atoms with Crippen LogP contribution in [-0.2, 0) is 9.59 Å². The highest BCUT2D eigenvalue weighted by Gasteiger charge is 2.35. The van der Waals surface area contributed by atoms with E-state index in [-0.39, 0.29) is 12.0 Å². The first-order valence-electron chi connectivity index (χ1n) is 6.99. The third-order valence-electron chi connectivity index (χ3n) is 3.06. The molecule has 1 aliphatic rings. The van der Waals surface area contributed by atoms with E-state index in [4.69, 9.17) is 25.5 Å². The zero-order chi connectivity index (χ0) is 18.1. The smallest absolute Gasteiger partial charge is 0.414 e. The minimum atomic E-state index is -1.82. The van der Waals surface area contributed by atoms with Crippen LogP contribution in [0.5, 0.6) is 0 Å². The topological polar surface area (TPSA) is 101 Å². The Balaban J connectivity index is 0.000000203. The van der Waals surface area contributed by atoms with Gasteiger partial charge in [-0.15, -0.1) is 0 Å². The first kappa shape index (κ1) is 19.2. The molecule has 0 spiro atoms. The Labute approximate surface area is 137 Å². The van der Waals surface area contributed by atoms with Crippen LogP contribution in [0.25, 0.3) is 0 Å². The van der Waals surface area contributed by atoms with Crippen LogP contribution in [0.15, 0.2) is 54.6 Å². The maximum atomic E-state index is 12.7. The summed E-state index contributed by atoms with van der Waals surface area (Å²) in [5.41, 5.74) is 6.38. The Morgan fingerprint density at radius 1 is 0.917 bits per heavy atom.